The van der Waals surface area contributed by atoms with E-state index in [4.69, 9.17) is 0 Å². The molecule has 0 spiro atoms. The summed E-state index contributed by atoms with van der Waals surface area (Å²) in [6.07, 6.45) is 0.242. The third-order valence-electron chi connectivity index (χ3n) is 3.81. The van der Waals surface area contributed by atoms with Gasteiger partial charge < -0.3 is 10.6 Å². The molecule has 1 amide bonds. The number of thiazole rings is 1. The molecule has 128 valence electrons. The molecule has 0 radical (unpaired) electrons. The number of aryl methyl sites for hydroxylation is 3. The molecule has 3 rings (SSSR count). The standard InChI is InChI=1S/C19H20N4OS/c1-12-7-8-15(9-13(12)2)21-18(24)10-16-11-25-19(22-16)23-17-6-4-5-14(3)20-17/h4-9,11H,10H2,1-3H3,(H,21,24)(H,20,22,23). The summed E-state index contributed by atoms with van der Waals surface area (Å²) in [6.45, 7) is 6.02. The lowest BCUT2D eigenvalue weighted by Crippen LogP contribution is -2.14. The SMILES string of the molecule is Cc1cccc(Nc2nc(CC(=O)Nc3ccc(C)c(C)c3)cs2)n1. The van der Waals surface area contributed by atoms with Crippen molar-refractivity contribution < 1.29 is 4.79 Å². The van der Waals surface area contributed by atoms with Crippen molar-refractivity contribution in [3.05, 3.63) is 64.3 Å². The minimum atomic E-state index is -0.0752. The summed E-state index contributed by atoms with van der Waals surface area (Å²) in [7, 11) is 0. The maximum Gasteiger partial charge on any atom is 0.230 e. The first-order chi connectivity index (χ1) is 12.0. The number of hydrogen-bond donors (Lipinski definition) is 2. The molecule has 6 heteroatoms. The summed E-state index contributed by atoms with van der Waals surface area (Å²) in [5, 5.41) is 8.70. The van der Waals surface area contributed by atoms with Gasteiger partial charge in [-0.2, -0.15) is 0 Å². The van der Waals surface area contributed by atoms with E-state index in [0.717, 1.165) is 33.6 Å². The lowest BCUT2D eigenvalue weighted by Gasteiger charge is -2.07. The zero-order valence-electron chi connectivity index (χ0n) is 14.5. The molecule has 0 aliphatic carbocycles. The lowest BCUT2D eigenvalue weighted by molar-refractivity contribution is -0.115. The highest BCUT2D eigenvalue weighted by Crippen LogP contribution is 2.21. The van der Waals surface area contributed by atoms with Gasteiger partial charge in [-0.15, -0.1) is 11.3 Å². The Bertz CT molecular complexity index is 904. The molecule has 25 heavy (non-hydrogen) atoms. The molecular weight excluding hydrogens is 332 g/mol. The average Bonchev–Trinajstić information content (AvgIpc) is 2.98. The van der Waals surface area contributed by atoms with Gasteiger partial charge in [-0.25, -0.2) is 9.97 Å². The number of pyridine rings is 1. The Morgan fingerprint density at radius 1 is 1.08 bits per heavy atom. The highest BCUT2D eigenvalue weighted by molar-refractivity contribution is 7.13. The topological polar surface area (TPSA) is 66.9 Å². The predicted octanol–water partition coefficient (Wildman–Crippen LogP) is 4.39. The second kappa shape index (κ2) is 7.44. The van der Waals surface area contributed by atoms with E-state index in [1.807, 2.05) is 62.5 Å². The number of hydrogen-bond acceptors (Lipinski definition) is 5. The molecule has 0 saturated heterocycles. The number of benzene rings is 1. The molecule has 5 nitrogen and oxygen atoms in total. The van der Waals surface area contributed by atoms with Crippen molar-refractivity contribution in [1.82, 2.24) is 9.97 Å². The number of carbonyl (C=O) groups is 1. The molecule has 0 bridgehead atoms. The molecule has 0 aliphatic heterocycles. The van der Waals surface area contributed by atoms with Gasteiger partial charge in [0.25, 0.3) is 0 Å². The van der Waals surface area contributed by atoms with E-state index in [9.17, 15) is 4.79 Å². The molecule has 0 unspecified atom stereocenters. The number of amides is 1. The van der Waals surface area contributed by atoms with Crippen molar-refractivity contribution in [2.45, 2.75) is 27.2 Å². The summed E-state index contributed by atoms with van der Waals surface area (Å²) in [5.74, 6) is 0.675. The van der Waals surface area contributed by atoms with Crippen LogP contribution in [0.25, 0.3) is 0 Å². The van der Waals surface area contributed by atoms with E-state index in [1.165, 1.54) is 16.9 Å². The van der Waals surface area contributed by atoms with Crippen molar-refractivity contribution in [1.29, 1.82) is 0 Å². The summed E-state index contributed by atoms with van der Waals surface area (Å²) in [4.78, 5) is 21.1. The van der Waals surface area contributed by atoms with Crippen LogP contribution in [0, 0.1) is 20.8 Å². The Kier molecular flexibility index (Phi) is 5.09. The third kappa shape index (κ3) is 4.64. The Morgan fingerprint density at radius 2 is 1.92 bits per heavy atom. The Morgan fingerprint density at radius 3 is 2.68 bits per heavy atom. The number of carbonyl (C=O) groups excluding carboxylic acids is 1. The smallest absolute Gasteiger partial charge is 0.230 e. The van der Waals surface area contributed by atoms with Gasteiger partial charge in [-0.05, 0) is 56.2 Å². The van der Waals surface area contributed by atoms with E-state index in [-0.39, 0.29) is 12.3 Å². The molecule has 0 fully saturated rings. The van der Waals surface area contributed by atoms with Crippen LogP contribution in [0.3, 0.4) is 0 Å². The third-order valence-corrected chi connectivity index (χ3v) is 4.61. The summed E-state index contributed by atoms with van der Waals surface area (Å²) < 4.78 is 0. The van der Waals surface area contributed by atoms with Crippen molar-refractivity contribution in [2.24, 2.45) is 0 Å². The summed E-state index contributed by atoms with van der Waals surface area (Å²) >= 11 is 1.46. The zero-order valence-corrected chi connectivity index (χ0v) is 15.3. The summed E-state index contributed by atoms with van der Waals surface area (Å²) in [6, 6.07) is 11.7. The Hall–Kier alpha value is -2.73. The van der Waals surface area contributed by atoms with Crippen LogP contribution in [-0.2, 0) is 11.2 Å². The fourth-order valence-electron chi connectivity index (χ4n) is 2.36. The zero-order chi connectivity index (χ0) is 17.8. The lowest BCUT2D eigenvalue weighted by atomic mass is 10.1. The van der Waals surface area contributed by atoms with Crippen LogP contribution >= 0.6 is 11.3 Å². The molecular formula is C19H20N4OS. The van der Waals surface area contributed by atoms with E-state index >= 15 is 0 Å². The number of anilines is 3. The van der Waals surface area contributed by atoms with Gasteiger partial charge in [0, 0.05) is 16.8 Å². The fraction of sp³-hybridized carbons (Fsp3) is 0.211. The highest BCUT2D eigenvalue weighted by atomic mass is 32.1. The molecule has 0 atom stereocenters. The molecule has 0 saturated carbocycles. The maximum atomic E-state index is 12.2. The van der Waals surface area contributed by atoms with E-state index in [0.29, 0.717) is 0 Å². The van der Waals surface area contributed by atoms with Gasteiger partial charge in [0.1, 0.15) is 5.82 Å². The first kappa shape index (κ1) is 17.1. The molecule has 2 heterocycles. The largest absolute Gasteiger partial charge is 0.326 e. The second-order valence-corrected chi connectivity index (χ2v) is 6.82. The monoisotopic (exact) mass is 352 g/mol. The van der Waals surface area contributed by atoms with Crippen LogP contribution in [0.1, 0.15) is 22.5 Å². The first-order valence-electron chi connectivity index (χ1n) is 8.02. The van der Waals surface area contributed by atoms with Gasteiger partial charge in [-0.1, -0.05) is 12.1 Å². The minimum Gasteiger partial charge on any atom is -0.326 e. The van der Waals surface area contributed by atoms with Crippen molar-refractivity contribution in [3.63, 3.8) is 0 Å². The molecule has 2 aromatic heterocycles. The van der Waals surface area contributed by atoms with Crippen molar-refractivity contribution in [2.75, 3.05) is 10.6 Å². The van der Waals surface area contributed by atoms with Crippen LogP contribution < -0.4 is 10.6 Å². The predicted molar refractivity (Wildman–Crippen MR) is 103 cm³/mol. The van der Waals surface area contributed by atoms with Gasteiger partial charge in [0.2, 0.25) is 5.91 Å². The molecule has 1 aromatic carbocycles. The molecule has 3 aromatic rings. The normalized spacial score (nSPS) is 10.5. The number of nitrogens with zero attached hydrogens (tertiary/aromatic N) is 2. The van der Waals surface area contributed by atoms with Crippen molar-refractivity contribution >= 4 is 33.9 Å². The van der Waals surface area contributed by atoms with Crippen LogP contribution in [-0.4, -0.2) is 15.9 Å². The van der Waals surface area contributed by atoms with Gasteiger partial charge >= 0.3 is 0 Å². The molecule has 2 N–H and O–H groups in total. The Balaban J connectivity index is 1.60. The van der Waals surface area contributed by atoms with Gasteiger partial charge in [0.15, 0.2) is 5.13 Å². The first-order valence-corrected chi connectivity index (χ1v) is 8.90. The summed E-state index contributed by atoms with van der Waals surface area (Å²) in [5.41, 5.74) is 4.85. The quantitative estimate of drug-likeness (QED) is 0.715. The minimum absolute atomic E-state index is 0.0752. The molecule has 0 aliphatic rings. The number of rotatable bonds is 5. The highest BCUT2D eigenvalue weighted by Gasteiger charge is 2.09. The fourth-order valence-corrected chi connectivity index (χ4v) is 3.07. The van der Waals surface area contributed by atoms with Crippen molar-refractivity contribution in [3.8, 4) is 0 Å². The van der Waals surface area contributed by atoms with E-state index in [1.54, 1.807) is 0 Å². The second-order valence-electron chi connectivity index (χ2n) is 5.96. The van der Waals surface area contributed by atoms with Gasteiger partial charge in [0.05, 0.1) is 12.1 Å². The van der Waals surface area contributed by atoms with E-state index in [2.05, 4.69) is 20.6 Å². The average molecular weight is 352 g/mol. The van der Waals surface area contributed by atoms with Crippen LogP contribution in [0.5, 0.6) is 0 Å². The van der Waals surface area contributed by atoms with E-state index < -0.39 is 0 Å². The maximum absolute atomic E-state index is 12.2. The van der Waals surface area contributed by atoms with Crippen LogP contribution in [0.4, 0.5) is 16.6 Å². The van der Waals surface area contributed by atoms with Gasteiger partial charge in [-0.3, -0.25) is 4.79 Å². The number of aromatic nitrogens is 2. The Labute approximate surface area is 151 Å². The van der Waals surface area contributed by atoms with Crippen LogP contribution in [0.2, 0.25) is 0 Å². The number of nitrogens with one attached hydrogen (secondary N) is 2. The van der Waals surface area contributed by atoms with Crippen LogP contribution in [0.15, 0.2) is 41.8 Å².